The number of carboxylic acid groups (broad SMARTS) is 2. The summed E-state index contributed by atoms with van der Waals surface area (Å²) < 4.78 is 0. The third-order valence-electron chi connectivity index (χ3n) is 3.42. The lowest BCUT2D eigenvalue weighted by atomic mass is 9.92. The fourth-order valence-corrected chi connectivity index (χ4v) is 2.29. The van der Waals surface area contributed by atoms with Crippen LogP contribution in [0.15, 0.2) is 36.4 Å². The predicted molar refractivity (Wildman–Crippen MR) is 78.4 cm³/mol. The third kappa shape index (κ3) is 2.78. The fourth-order valence-electron chi connectivity index (χ4n) is 2.29. The Kier molecular flexibility index (Phi) is 4.05. The summed E-state index contributed by atoms with van der Waals surface area (Å²) in [6.45, 7) is 1.78. The lowest BCUT2D eigenvalue weighted by Gasteiger charge is -2.12. The quantitative estimate of drug-likeness (QED) is 0.801. The molecule has 0 atom stereocenters. The van der Waals surface area contributed by atoms with Crippen LogP contribution in [0.4, 0.5) is 0 Å². The van der Waals surface area contributed by atoms with E-state index in [0.29, 0.717) is 5.56 Å². The summed E-state index contributed by atoms with van der Waals surface area (Å²) in [4.78, 5) is 22.6. The van der Waals surface area contributed by atoms with Crippen molar-refractivity contribution in [1.29, 1.82) is 0 Å². The first-order valence-electron chi connectivity index (χ1n) is 6.35. The molecule has 0 unspecified atom stereocenters. The van der Waals surface area contributed by atoms with Gasteiger partial charge in [0.25, 0.3) is 0 Å². The van der Waals surface area contributed by atoms with E-state index in [4.69, 9.17) is 5.73 Å². The molecule has 5 nitrogen and oxygen atoms in total. The van der Waals surface area contributed by atoms with Gasteiger partial charge in [-0.15, -0.1) is 0 Å². The highest BCUT2D eigenvalue weighted by Crippen LogP contribution is 2.28. The molecule has 0 fully saturated rings. The summed E-state index contributed by atoms with van der Waals surface area (Å²) in [6.07, 6.45) is 0. The summed E-state index contributed by atoms with van der Waals surface area (Å²) in [6, 6.07) is 10.2. The van der Waals surface area contributed by atoms with E-state index < -0.39 is 11.9 Å². The second kappa shape index (κ2) is 5.76. The summed E-state index contributed by atoms with van der Waals surface area (Å²) in [5, 5.41) is 18.5. The van der Waals surface area contributed by atoms with Gasteiger partial charge >= 0.3 is 11.9 Å². The second-order valence-corrected chi connectivity index (χ2v) is 4.67. The zero-order valence-corrected chi connectivity index (χ0v) is 11.5. The Hall–Kier alpha value is -2.66. The molecule has 21 heavy (non-hydrogen) atoms. The molecular weight excluding hydrogens is 270 g/mol. The molecule has 2 rings (SSSR count). The molecule has 0 aliphatic heterocycles. The first-order chi connectivity index (χ1) is 9.95. The minimum Gasteiger partial charge on any atom is -0.478 e. The van der Waals surface area contributed by atoms with Crippen molar-refractivity contribution in [1.82, 2.24) is 0 Å². The predicted octanol–water partition coefficient (Wildman–Crippen LogP) is 2.52. The number of rotatable bonds is 4. The van der Waals surface area contributed by atoms with E-state index in [-0.39, 0.29) is 23.2 Å². The molecule has 0 saturated heterocycles. The lowest BCUT2D eigenvalue weighted by Crippen LogP contribution is -2.08. The molecule has 0 spiro atoms. The largest absolute Gasteiger partial charge is 0.478 e. The van der Waals surface area contributed by atoms with Crippen molar-refractivity contribution in [3.8, 4) is 11.1 Å². The van der Waals surface area contributed by atoms with Crippen molar-refractivity contribution in [2.45, 2.75) is 13.5 Å². The number of hydrogen-bond donors (Lipinski definition) is 3. The van der Waals surface area contributed by atoms with Gasteiger partial charge in [-0.2, -0.15) is 0 Å². The zero-order chi connectivity index (χ0) is 15.6. The van der Waals surface area contributed by atoms with Crippen LogP contribution in [0.1, 0.15) is 31.8 Å². The molecule has 4 N–H and O–H groups in total. The first-order valence-corrected chi connectivity index (χ1v) is 6.35. The normalized spacial score (nSPS) is 10.4. The van der Waals surface area contributed by atoms with Crippen LogP contribution in [0.25, 0.3) is 11.1 Å². The van der Waals surface area contributed by atoms with Crippen LogP contribution >= 0.6 is 0 Å². The summed E-state index contributed by atoms with van der Waals surface area (Å²) in [7, 11) is 0. The van der Waals surface area contributed by atoms with Crippen molar-refractivity contribution >= 4 is 11.9 Å². The molecule has 0 heterocycles. The molecule has 0 aliphatic rings. The van der Waals surface area contributed by atoms with E-state index in [0.717, 1.165) is 11.1 Å². The van der Waals surface area contributed by atoms with Gasteiger partial charge < -0.3 is 15.9 Å². The number of aromatic carboxylic acids is 2. The van der Waals surface area contributed by atoms with Crippen LogP contribution in [0.3, 0.4) is 0 Å². The minimum atomic E-state index is -1.15. The molecule has 108 valence electrons. The highest BCUT2D eigenvalue weighted by Gasteiger charge is 2.18. The van der Waals surface area contributed by atoms with Crippen molar-refractivity contribution in [2.24, 2.45) is 5.73 Å². The van der Waals surface area contributed by atoms with Gasteiger partial charge in [0.15, 0.2) is 0 Å². The molecule has 0 saturated carbocycles. The molecule has 2 aromatic rings. The molecule has 5 heteroatoms. The molecule has 2 aromatic carbocycles. The van der Waals surface area contributed by atoms with Crippen LogP contribution in [0.5, 0.6) is 0 Å². The van der Waals surface area contributed by atoms with Crippen molar-refractivity contribution in [3.05, 3.63) is 58.7 Å². The monoisotopic (exact) mass is 285 g/mol. The maximum atomic E-state index is 11.3. The Morgan fingerprint density at radius 2 is 1.57 bits per heavy atom. The number of carbonyl (C=O) groups is 2. The SMILES string of the molecule is Cc1c(C(=O)O)cc(-c2ccccc2CN)cc1C(=O)O. The number of benzene rings is 2. The maximum absolute atomic E-state index is 11.3. The van der Waals surface area contributed by atoms with E-state index in [1.54, 1.807) is 12.1 Å². The van der Waals surface area contributed by atoms with E-state index in [1.165, 1.54) is 19.1 Å². The van der Waals surface area contributed by atoms with Gasteiger partial charge in [-0.05, 0) is 41.3 Å². The maximum Gasteiger partial charge on any atom is 0.335 e. The summed E-state index contributed by atoms with van der Waals surface area (Å²) in [5.74, 6) is -2.30. The molecule has 0 aliphatic carbocycles. The zero-order valence-electron chi connectivity index (χ0n) is 11.5. The Labute approximate surface area is 121 Å². The average Bonchev–Trinajstić information content (AvgIpc) is 2.46. The third-order valence-corrected chi connectivity index (χ3v) is 3.42. The minimum absolute atomic E-state index is 0.0169. The van der Waals surface area contributed by atoms with Gasteiger partial charge in [-0.3, -0.25) is 0 Å². The fraction of sp³-hybridized carbons (Fsp3) is 0.125. The Balaban J connectivity index is 2.75. The van der Waals surface area contributed by atoms with Crippen LogP contribution in [0, 0.1) is 6.92 Å². The van der Waals surface area contributed by atoms with Gasteiger partial charge in [-0.25, -0.2) is 9.59 Å². The molecule has 0 radical (unpaired) electrons. The molecule has 0 aromatic heterocycles. The highest BCUT2D eigenvalue weighted by molar-refractivity contribution is 5.98. The van der Waals surface area contributed by atoms with Gasteiger partial charge in [0.05, 0.1) is 11.1 Å². The van der Waals surface area contributed by atoms with E-state index >= 15 is 0 Å². The Bertz CT molecular complexity index is 687. The topological polar surface area (TPSA) is 101 Å². The lowest BCUT2D eigenvalue weighted by molar-refractivity contribution is 0.0696. The van der Waals surface area contributed by atoms with Crippen LogP contribution in [-0.4, -0.2) is 22.2 Å². The second-order valence-electron chi connectivity index (χ2n) is 4.67. The van der Waals surface area contributed by atoms with Crippen molar-refractivity contribution < 1.29 is 19.8 Å². The molecule has 0 bridgehead atoms. The highest BCUT2D eigenvalue weighted by atomic mass is 16.4. The summed E-state index contributed by atoms with van der Waals surface area (Å²) in [5.41, 5.74) is 7.99. The van der Waals surface area contributed by atoms with Crippen molar-refractivity contribution in [3.63, 3.8) is 0 Å². The van der Waals surface area contributed by atoms with Crippen LogP contribution < -0.4 is 5.73 Å². The van der Waals surface area contributed by atoms with Gasteiger partial charge in [-0.1, -0.05) is 24.3 Å². The van der Waals surface area contributed by atoms with E-state index in [1.807, 2.05) is 12.1 Å². The molecular formula is C16H15NO4. The average molecular weight is 285 g/mol. The number of carboxylic acids is 2. The van der Waals surface area contributed by atoms with Gasteiger partial charge in [0, 0.05) is 6.54 Å². The van der Waals surface area contributed by atoms with Crippen LogP contribution in [0.2, 0.25) is 0 Å². The standard InChI is InChI=1S/C16H15NO4/c1-9-13(15(18)19)6-11(7-14(9)16(20)21)12-5-3-2-4-10(12)8-17/h2-7H,8,17H2,1H3,(H,18,19)(H,20,21). The smallest absolute Gasteiger partial charge is 0.335 e. The Morgan fingerprint density at radius 3 is 2.05 bits per heavy atom. The van der Waals surface area contributed by atoms with E-state index in [9.17, 15) is 19.8 Å². The first kappa shape index (κ1) is 14.7. The van der Waals surface area contributed by atoms with Gasteiger partial charge in [0.1, 0.15) is 0 Å². The summed E-state index contributed by atoms with van der Waals surface area (Å²) >= 11 is 0. The van der Waals surface area contributed by atoms with Crippen molar-refractivity contribution in [2.75, 3.05) is 0 Å². The van der Waals surface area contributed by atoms with Gasteiger partial charge in [0.2, 0.25) is 0 Å². The number of hydrogen-bond acceptors (Lipinski definition) is 3. The Morgan fingerprint density at radius 1 is 1.05 bits per heavy atom. The van der Waals surface area contributed by atoms with Crippen LogP contribution in [-0.2, 0) is 6.54 Å². The van der Waals surface area contributed by atoms with E-state index in [2.05, 4.69) is 0 Å². The number of nitrogens with two attached hydrogens (primary N) is 1. The molecule has 0 amide bonds.